The first-order chi connectivity index (χ1) is 7.63. The molecule has 0 aromatic carbocycles. The van der Waals surface area contributed by atoms with Crippen LogP contribution in [-0.4, -0.2) is 24.5 Å². The molecule has 0 spiro atoms. The van der Waals surface area contributed by atoms with E-state index in [1.165, 1.54) is 4.88 Å². The van der Waals surface area contributed by atoms with Crippen LogP contribution in [0.3, 0.4) is 0 Å². The molecule has 0 fully saturated rings. The number of thiazole rings is 1. The molecule has 1 rings (SSSR count). The van der Waals surface area contributed by atoms with Gasteiger partial charge in [-0.25, -0.2) is 4.98 Å². The number of amides is 1. The Bertz CT molecular complexity index is 338. The van der Waals surface area contributed by atoms with Gasteiger partial charge in [0.05, 0.1) is 6.04 Å². The van der Waals surface area contributed by atoms with E-state index in [4.69, 9.17) is 0 Å². The van der Waals surface area contributed by atoms with Gasteiger partial charge in [0.2, 0.25) is 5.91 Å². The van der Waals surface area contributed by atoms with Crippen molar-refractivity contribution in [3.63, 3.8) is 0 Å². The normalized spacial score (nSPS) is 12.4. The molecular formula is C11H19N3OS. The first kappa shape index (κ1) is 13.1. The van der Waals surface area contributed by atoms with Crippen LogP contribution in [0.2, 0.25) is 0 Å². The minimum absolute atomic E-state index is 0.0146. The lowest BCUT2D eigenvalue weighted by Gasteiger charge is -2.10. The molecule has 0 bridgehead atoms. The molecule has 1 aromatic heterocycles. The van der Waals surface area contributed by atoms with Gasteiger partial charge in [-0.15, -0.1) is 11.3 Å². The van der Waals surface area contributed by atoms with Gasteiger partial charge in [0.1, 0.15) is 5.01 Å². The maximum Gasteiger partial charge on any atom is 0.220 e. The highest BCUT2D eigenvalue weighted by atomic mass is 32.1. The molecule has 0 aliphatic carbocycles. The van der Waals surface area contributed by atoms with Crippen molar-refractivity contribution in [1.82, 2.24) is 15.6 Å². The molecule has 0 saturated heterocycles. The Kier molecular flexibility index (Phi) is 5.42. The molecule has 90 valence electrons. The summed E-state index contributed by atoms with van der Waals surface area (Å²) in [6.07, 6.45) is 3.27. The van der Waals surface area contributed by atoms with Crippen molar-refractivity contribution in [2.45, 2.75) is 32.7 Å². The third kappa shape index (κ3) is 4.28. The van der Waals surface area contributed by atoms with Crippen LogP contribution in [0.5, 0.6) is 0 Å². The zero-order valence-corrected chi connectivity index (χ0v) is 10.9. The molecule has 2 N–H and O–H groups in total. The molecule has 1 atom stereocenters. The second-order valence-electron chi connectivity index (χ2n) is 3.81. The van der Waals surface area contributed by atoms with Crippen LogP contribution in [0, 0.1) is 6.92 Å². The van der Waals surface area contributed by atoms with Crippen LogP contribution < -0.4 is 10.6 Å². The van der Waals surface area contributed by atoms with Gasteiger partial charge in [0.25, 0.3) is 0 Å². The van der Waals surface area contributed by atoms with Gasteiger partial charge in [-0.05, 0) is 33.9 Å². The number of aryl methyl sites for hydroxylation is 1. The molecule has 16 heavy (non-hydrogen) atoms. The number of carbonyl (C=O) groups is 1. The van der Waals surface area contributed by atoms with Crippen molar-refractivity contribution < 1.29 is 4.79 Å². The van der Waals surface area contributed by atoms with Gasteiger partial charge in [-0.1, -0.05) is 0 Å². The summed E-state index contributed by atoms with van der Waals surface area (Å²) < 4.78 is 0. The fraction of sp³-hybridized carbons (Fsp3) is 0.636. The Morgan fingerprint density at radius 2 is 2.38 bits per heavy atom. The summed E-state index contributed by atoms with van der Waals surface area (Å²) in [6, 6.07) is 0.0146. The number of aromatic nitrogens is 1. The highest BCUT2D eigenvalue weighted by Gasteiger charge is 2.11. The van der Waals surface area contributed by atoms with Gasteiger partial charge in [-0.2, -0.15) is 0 Å². The maximum absolute atomic E-state index is 11.5. The van der Waals surface area contributed by atoms with E-state index in [0.717, 1.165) is 18.0 Å². The predicted octanol–water partition coefficient (Wildman–Crippen LogP) is 1.63. The minimum atomic E-state index is 0.0146. The SMILES string of the molecule is CNCCCC(=O)NC(C)c1ncc(C)s1. The summed E-state index contributed by atoms with van der Waals surface area (Å²) in [7, 11) is 1.89. The van der Waals surface area contributed by atoms with E-state index in [9.17, 15) is 4.79 Å². The van der Waals surface area contributed by atoms with Crippen LogP contribution >= 0.6 is 11.3 Å². The standard InChI is InChI=1S/C11H19N3OS/c1-8-7-13-11(16-8)9(2)14-10(15)5-4-6-12-3/h7,9,12H,4-6H2,1-3H3,(H,14,15). The van der Waals surface area contributed by atoms with Crippen molar-refractivity contribution >= 4 is 17.2 Å². The lowest BCUT2D eigenvalue weighted by molar-refractivity contribution is -0.121. The molecule has 1 heterocycles. The first-order valence-corrected chi connectivity index (χ1v) is 6.31. The Balaban J connectivity index is 2.33. The van der Waals surface area contributed by atoms with Crippen molar-refractivity contribution in [2.24, 2.45) is 0 Å². The summed E-state index contributed by atoms with van der Waals surface area (Å²) >= 11 is 1.63. The molecule has 0 aliphatic rings. The summed E-state index contributed by atoms with van der Waals surface area (Å²) in [5, 5.41) is 6.94. The molecular weight excluding hydrogens is 222 g/mol. The van der Waals surface area contributed by atoms with Crippen LogP contribution in [0.4, 0.5) is 0 Å². The first-order valence-electron chi connectivity index (χ1n) is 5.49. The Labute approximate surface area is 100 Å². The number of hydrogen-bond donors (Lipinski definition) is 2. The van der Waals surface area contributed by atoms with Crippen LogP contribution in [0.1, 0.15) is 35.7 Å². The van der Waals surface area contributed by atoms with E-state index in [1.54, 1.807) is 11.3 Å². The van der Waals surface area contributed by atoms with E-state index >= 15 is 0 Å². The Morgan fingerprint density at radius 1 is 1.62 bits per heavy atom. The zero-order chi connectivity index (χ0) is 12.0. The molecule has 0 saturated carbocycles. The average Bonchev–Trinajstić information content (AvgIpc) is 2.65. The molecule has 0 aliphatic heterocycles. The fourth-order valence-corrected chi connectivity index (χ4v) is 2.15. The van der Waals surface area contributed by atoms with Gasteiger partial charge in [0.15, 0.2) is 0 Å². The Morgan fingerprint density at radius 3 is 2.94 bits per heavy atom. The lowest BCUT2D eigenvalue weighted by Crippen LogP contribution is -2.27. The lowest BCUT2D eigenvalue weighted by atomic mass is 10.2. The second kappa shape index (κ2) is 6.60. The molecule has 1 amide bonds. The summed E-state index contributed by atoms with van der Waals surface area (Å²) in [4.78, 5) is 17.0. The Hall–Kier alpha value is -0.940. The number of hydrogen-bond acceptors (Lipinski definition) is 4. The van der Waals surface area contributed by atoms with Crippen LogP contribution in [-0.2, 0) is 4.79 Å². The molecule has 4 nitrogen and oxygen atoms in total. The smallest absolute Gasteiger partial charge is 0.220 e. The zero-order valence-electron chi connectivity index (χ0n) is 10.0. The molecule has 0 radical (unpaired) electrons. The van der Waals surface area contributed by atoms with E-state index < -0.39 is 0 Å². The highest BCUT2D eigenvalue weighted by molar-refractivity contribution is 7.11. The van der Waals surface area contributed by atoms with Crippen molar-refractivity contribution in [2.75, 3.05) is 13.6 Å². The topological polar surface area (TPSA) is 54.0 Å². The number of nitrogens with one attached hydrogen (secondary N) is 2. The van der Waals surface area contributed by atoms with Gasteiger partial charge >= 0.3 is 0 Å². The van der Waals surface area contributed by atoms with Crippen LogP contribution in [0.15, 0.2) is 6.20 Å². The van der Waals surface area contributed by atoms with Crippen LogP contribution in [0.25, 0.3) is 0 Å². The predicted molar refractivity (Wildman–Crippen MR) is 66.6 cm³/mol. The summed E-state index contributed by atoms with van der Waals surface area (Å²) in [5.41, 5.74) is 0. The monoisotopic (exact) mass is 241 g/mol. The van der Waals surface area contributed by atoms with E-state index in [1.807, 2.05) is 27.1 Å². The van der Waals surface area contributed by atoms with Gasteiger partial charge in [0, 0.05) is 17.5 Å². The minimum Gasteiger partial charge on any atom is -0.347 e. The maximum atomic E-state index is 11.5. The number of rotatable bonds is 6. The number of nitrogens with zero attached hydrogens (tertiary/aromatic N) is 1. The van der Waals surface area contributed by atoms with Crippen molar-refractivity contribution in [3.05, 3.63) is 16.1 Å². The third-order valence-electron chi connectivity index (χ3n) is 2.22. The third-order valence-corrected chi connectivity index (χ3v) is 3.31. The quantitative estimate of drug-likeness (QED) is 0.744. The molecule has 1 unspecified atom stereocenters. The largest absolute Gasteiger partial charge is 0.347 e. The van der Waals surface area contributed by atoms with E-state index in [-0.39, 0.29) is 11.9 Å². The van der Waals surface area contributed by atoms with Crippen molar-refractivity contribution in [3.8, 4) is 0 Å². The fourth-order valence-electron chi connectivity index (χ4n) is 1.37. The van der Waals surface area contributed by atoms with E-state index in [0.29, 0.717) is 6.42 Å². The summed E-state index contributed by atoms with van der Waals surface area (Å²) in [6.45, 7) is 4.86. The molecule has 5 heteroatoms. The van der Waals surface area contributed by atoms with Crippen molar-refractivity contribution in [1.29, 1.82) is 0 Å². The average molecular weight is 241 g/mol. The van der Waals surface area contributed by atoms with E-state index in [2.05, 4.69) is 15.6 Å². The highest BCUT2D eigenvalue weighted by Crippen LogP contribution is 2.18. The second-order valence-corrected chi connectivity index (χ2v) is 5.07. The number of carbonyl (C=O) groups excluding carboxylic acids is 1. The van der Waals surface area contributed by atoms with Gasteiger partial charge in [-0.3, -0.25) is 4.79 Å². The molecule has 1 aromatic rings. The summed E-state index contributed by atoms with van der Waals surface area (Å²) in [5.74, 6) is 0.0932. The van der Waals surface area contributed by atoms with Gasteiger partial charge < -0.3 is 10.6 Å².